The highest BCUT2D eigenvalue weighted by Gasteiger charge is 2.12. The molecule has 17 heavy (non-hydrogen) atoms. The van der Waals surface area contributed by atoms with Gasteiger partial charge in [-0.1, -0.05) is 43.5 Å². The van der Waals surface area contributed by atoms with Gasteiger partial charge in [-0.3, -0.25) is 4.79 Å². The highest BCUT2D eigenvalue weighted by atomic mass is 79.9. The van der Waals surface area contributed by atoms with Crippen molar-refractivity contribution in [1.82, 2.24) is 0 Å². The van der Waals surface area contributed by atoms with Gasteiger partial charge in [0.2, 0.25) is 0 Å². The van der Waals surface area contributed by atoms with Crippen LogP contribution in [0.5, 0.6) is 0 Å². The highest BCUT2D eigenvalue weighted by Crippen LogP contribution is 2.22. The summed E-state index contributed by atoms with van der Waals surface area (Å²) in [5.74, 6) is 0.0353. The van der Waals surface area contributed by atoms with Crippen LogP contribution in [0.25, 0.3) is 0 Å². The largest absolute Gasteiger partial charge is 0.289 e. The first-order chi connectivity index (χ1) is 8.08. The maximum atomic E-state index is 12.3. The zero-order valence-corrected chi connectivity index (χ0v) is 12.4. The number of carbonyl (C=O) groups is 1. The van der Waals surface area contributed by atoms with Crippen molar-refractivity contribution in [3.05, 3.63) is 68.1 Å². The van der Waals surface area contributed by atoms with Crippen LogP contribution in [0.15, 0.2) is 51.4 Å². The van der Waals surface area contributed by atoms with E-state index in [0.29, 0.717) is 11.1 Å². The Balaban J connectivity index is 2.43. The summed E-state index contributed by atoms with van der Waals surface area (Å²) >= 11 is 6.77. The van der Waals surface area contributed by atoms with Gasteiger partial charge in [0.15, 0.2) is 5.78 Å². The second-order valence-electron chi connectivity index (χ2n) is 3.82. The quantitative estimate of drug-likeness (QED) is 0.712. The third-order valence-electron chi connectivity index (χ3n) is 2.47. The number of aryl methyl sites for hydroxylation is 1. The van der Waals surface area contributed by atoms with E-state index < -0.39 is 0 Å². The van der Waals surface area contributed by atoms with Crippen molar-refractivity contribution in [1.29, 1.82) is 0 Å². The zero-order valence-electron chi connectivity index (χ0n) is 9.21. The van der Waals surface area contributed by atoms with Gasteiger partial charge in [0.1, 0.15) is 0 Å². The van der Waals surface area contributed by atoms with E-state index in [4.69, 9.17) is 0 Å². The van der Waals surface area contributed by atoms with Crippen LogP contribution in [0.4, 0.5) is 0 Å². The monoisotopic (exact) mass is 352 g/mol. The second kappa shape index (κ2) is 5.15. The van der Waals surface area contributed by atoms with Gasteiger partial charge in [-0.15, -0.1) is 0 Å². The van der Waals surface area contributed by atoms with Crippen molar-refractivity contribution in [2.45, 2.75) is 6.92 Å². The molecule has 2 aromatic carbocycles. The molecule has 0 aromatic heterocycles. The molecular weight excluding hydrogens is 344 g/mol. The summed E-state index contributed by atoms with van der Waals surface area (Å²) in [5, 5.41) is 0. The molecule has 0 bridgehead atoms. The fourth-order valence-corrected chi connectivity index (χ4v) is 2.26. The number of halogens is 2. The Morgan fingerprint density at radius 2 is 1.65 bits per heavy atom. The lowest BCUT2D eigenvalue weighted by molar-refractivity contribution is 0.103. The van der Waals surface area contributed by atoms with Gasteiger partial charge >= 0.3 is 0 Å². The lowest BCUT2D eigenvalue weighted by Gasteiger charge is -2.05. The van der Waals surface area contributed by atoms with Crippen LogP contribution in [0.3, 0.4) is 0 Å². The normalized spacial score (nSPS) is 10.3. The number of carbonyl (C=O) groups excluding carboxylic acids is 1. The Hall–Kier alpha value is -0.930. The molecule has 86 valence electrons. The molecule has 0 heterocycles. The number of ketones is 1. The van der Waals surface area contributed by atoms with Crippen LogP contribution in [0.1, 0.15) is 21.5 Å². The van der Waals surface area contributed by atoms with Crippen LogP contribution < -0.4 is 0 Å². The highest BCUT2D eigenvalue weighted by molar-refractivity contribution is 9.10. The molecule has 0 fully saturated rings. The molecule has 2 aromatic rings. The summed E-state index contributed by atoms with van der Waals surface area (Å²) < 4.78 is 1.80. The smallest absolute Gasteiger partial charge is 0.194 e. The number of hydrogen-bond acceptors (Lipinski definition) is 1. The zero-order chi connectivity index (χ0) is 12.4. The minimum absolute atomic E-state index is 0.0353. The Morgan fingerprint density at radius 1 is 1.00 bits per heavy atom. The number of rotatable bonds is 2. The molecule has 0 aliphatic heterocycles. The number of benzene rings is 2. The van der Waals surface area contributed by atoms with Gasteiger partial charge in [-0.05, 0) is 43.3 Å². The van der Waals surface area contributed by atoms with Crippen molar-refractivity contribution in [3.8, 4) is 0 Å². The van der Waals surface area contributed by atoms with E-state index >= 15 is 0 Å². The molecule has 0 saturated heterocycles. The first kappa shape index (κ1) is 12.5. The van der Waals surface area contributed by atoms with Crippen LogP contribution >= 0.6 is 31.9 Å². The molecule has 0 amide bonds. The first-order valence-corrected chi connectivity index (χ1v) is 6.73. The van der Waals surface area contributed by atoms with Gasteiger partial charge in [0, 0.05) is 20.1 Å². The van der Waals surface area contributed by atoms with Crippen LogP contribution in [0, 0.1) is 6.92 Å². The standard InChI is InChI=1S/C14H10Br2O/c1-9-2-7-13(16)12(8-9)14(17)10-3-5-11(15)6-4-10/h2-8H,1H3. The molecule has 0 aliphatic rings. The summed E-state index contributed by atoms with van der Waals surface area (Å²) in [5.41, 5.74) is 2.47. The minimum Gasteiger partial charge on any atom is -0.289 e. The Labute approximate surface area is 117 Å². The third kappa shape index (κ3) is 2.85. The van der Waals surface area contributed by atoms with Crippen molar-refractivity contribution in [2.24, 2.45) is 0 Å². The van der Waals surface area contributed by atoms with E-state index in [0.717, 1.165) is 14.5 Å². The molecule has 0 spiro atoms. The van der Waals surface area contributed by atoms with Crippen LogP contribution in [-0.2, 0) is 0 Å². The lowest BCUT2D eigenvalue weighted by atomic mass is 10.0. The molecule has 0 radical (unpaired) electrons. The van der Waals surface area contributed by atoms with Crippen molar-refractivity contribution in [3.63, 3.8) is 0 Å². The molecule has 0 N–H and O–H groups in total. The molecule has 3 heteroatoms. The van der Waals surface area contributed by atoms with E-state index in [9.17, 15) is 4.79 Å². The minimum atomic E-state index is 0.0353. The average Bonchev–Trinajstić information content (AvgIpc) is 2.32. The fraction of sp³-hybridized carbons (Fsp3) is 0.0714. The predicted octanol–water partition coefficient (Wildman–Crippen LogP) is 4.75. The molecule has 0 saturated carbocycles. The SMILES string of the molecule is Cc1ccc(Br)c(C(=O)c2ccc(Br)cc2)c1. The maximum Gasteiger partial charge on any atom is 0.194 e. The van der Waals surface area contributed by atoms with Gasteiger partial charge < -0.3 is 0 Å². The summed E-state index contributed by atoms with van der Waals surface area (Å²) in [4.78, 5) is 12.3. The van der Waals surface area contributed by atoms with Crippen molar-refractivity contribution < 1.29 is 4.79 Å². The number of hydrogen-bond donors (Lipinski definition) is 0. The third-order valence-corrected chi connectivity index (χ3v) is 3.69. The van der Waals surface area contributed by atoms with Gasteiger partial charge in [-0.25, -0.2) is 0 Å². The lowest BCUT2D eigenvalue weighted by Crippen LogP contribution is -2.02. The molecule has 0 aliphatic carbocycles. The molecule has 0 atom stereocenters. The Morgan fingerprint density at radius 3 is 2.29 bits per heavy atom. The Bertz CT molecular complexity index is 559. The summed E-state index contributed by atoms with van der Waals surface area (Å²) in [6.07, 6.45) is 0. The molecule has 2 rings (SSSR count). The average molecular weight is 354 g/mol. The second-order valence-corrected chi connectivity index (χ2v) is 5.59. The van der Waals surface area contributed by atoms with E-state index in [-0.39, 0.29) is 5.78 Å². The summed E-state index contributed by atoms with van der Waals surface area (Å²) in [6, 6.07) is 13.2. The predicted molar refractivity (Wildman–Crippen MR) is 76.5 cm³/mol. The van der Waals surface area contributed by atoms with Crippen molar-refractivity contribution >= 4 is 37.6 Å². The molecular formula is C14H10Br2O. The molecule has 1 nitrogen and oxygen atoms in total. The van der Waals surface area contributed by atoms with Crippen LogP contribution in [-0.4, -0.2) is 5.78 Å². The topological polar surface area (TPSA) is 17.1 Å². The fourth-order valence-electron chi connectivity index (χ4n) is 1.57. The maximum absolute atomic E-state index is 12.3. The van der Waals surface area contributed by atoms with E-state index in [1.807, 2.05) is 49.4 Å². The van der Waals surface area contributed by atoms with E-state index in [2.05, 4.69) is 31.9 Å². The van der Waals surface area contributed by atoms with E-state index in [1.165, 1.54) is 0 Å². The molecule has 0 unspecified atom stereocenters. The van der Waals surface area contributed by atoms with Crippen molar-refractivity contribution in [2.75, 3.05) is 0 Å². The van der Waals surface area contributed by atoms with Gasteiger partial charge in [-0.2, -0.15) is 0 Å². The van der Waals surface area contributed by atoms with Crippen LogP contribution in [0.2, 0.25) is 0 Å². The Kier molecular flexibility index (Phi) is 3.79. The van der Waals surface area contributed by atoms with Gasteiger partial charge in [0.25, 0.3) is 0 Å². The summed E-state index contributed by atoms with van der Waals surface area (Å²) in [7, 11) is 0. The van der Waals surface area contributed by atoms with Gasteiger partial charge in [0.05, 0.1) is 0 Å². The summed E-state index contributed by atoms with van der Waals surface area (Å²) in [6.45, 7) is 1.98. The first-order valence-electron chi connectivity index (χ1n) is 5.14. The van der Waals surface area contributed by atoms with E-state index in [1.54, 1.807) is 0 Å².